The molecule has 2 heterocycles. The van der Waals surface area contributed by atoms with E-state index in [0.29, 0.717) is 23.0 Å². The Morgan fingerprint density at radius 3 is 2.32 bits per heavy atom. The lowest BCUT2D eigenvalue weighted by molar-refractivity contribution is -0.402. The first kappa shape index (κ1) is 13.7. The molecule has 22 heavy (non-hydrogen) atoms. The van der Waals surface area contributed by atoms with E-state index >= 15 is 0 Å². The predicted octanol–water partition coefficient (Wildman–Crippen LogP) is 4.20. The van der Waals surface area contributed by atoms with Crippen molar-refractivity contribution in [2.75, 3.05) is 5.73 Å². The van der Waals surface area contributed by atoms with Crippen molar-refractivity contribution in [1.29, 1.82) is 0 Å². The number of hydrogen-bond donors (Lipinski definition) is 1. The standard InChI is InChI=1S/C16H12N2O4/c17-14-4-2-1-3-13(14)15-9-7-11(21-15)5-6-12-8-10-16(22-12)18(19)20/h1-10H,17H2/b6-5+. The fourth-order valence-electron chi connectivity index (χ4n) is 2.00. The first-order chi connectivity index (χ1) is 10.6. The number of hydrogen-bond acceptors (Lipinski definition) is 5. The number of para-hydroxylation sites is 1. The van der Waals surface area contributed by atoms with E-state index in [0.717, 1.165) is 5.56 Å². The molecule has 0 atom stereocenters. The Balaban J connectivity index is 1.80. The number of furan rings is 2. The minimum atomic E-state index is -0.583. The van der Waals surface area contributed by atoms with Crippen molar-refractivity contribution in [3.63, 3.8) is 0 Å². The van der Waals surface area contributed by atoms with E-state index in [4.69, 9.17) is 14.6 Å². The smallest absolute Gasteiger partial charge is 0.433 e. The number of nitrogen functional groups attached to an aromatic ring is 1. The van der Waals surface area contributed by atoms with E-state index in [1.165, 1.54) is 12.1 Å². The molecule has 0 amide bonds. The molecular weight excluding hydrogens is 284 g/mol. The van der Waals surface area contributed by atoms with Gasteiger partial charge in [-0.15, -0.1) is 0 Å². The Bertz CT molecular complexity index is 845. The van der Waals surface area contributed by atoms with Crippen LogP contribution in [0, 0.1) is 10.1 Å². The second-order valence-corrected chi connectivity index (χ2v) is 4.56. The summed E-state index contributed by atoms with van der Waals surface area (Å²) in [4.78, 5) is 9.96. The highest BCUT2D eigenvalue weighted by Crippen LogP contribution is 2.28. The third kappa shape index (κ3) is 2.76. The van der Waals surface area contributed by atoms with E-state index in [-0.39, 0.29) is 5.88 Å². The molecule has 0 bridgehead atoms. The first-order valence-electron chi connectivity index (χ1n) is 6.50. The number of rotatable bonds is 4. The summed E-state index contributed by atoms with van der Waals surface area (Å²) < 4.78 is 10.7. The summed E-state index contributed by atoms with van der Waals surface area (Å²) in [5.74, 6) is 1.33. The molecule has 0 saturated heterocycles. The quantitative estimate of drug-likeness (QED) is 0.442. The molecule has 6 nitrogen and oxygen atoms in total. The average Bonchev–Trinajstić information content (AvgIpc) is 3.15. The van der Waals surface area contributed by atoms with Crippen LogP contribution >= 0.6 is 0 Å². The average molecular weight is 296 g/mol. The second-order valence-electron chi connectivity index (χ2n) is 4.56. The van der Waals surface area contributed by atoms with Gasteiger partial charge in [-0.2, -0.15) is 0 Å². The molecule has 3 rings (SSSR count). The van der Waals surface area contributed by atoms with Gasteiger partial charge in [-0.3, -0.25) is 10.1 Å². The maximum atomic E-state index is 10.5. The zero-order valence-corrected chi connectivity index (χ0v) is 11.4. The molecule has 2 N–H and O–H groups in total. The highest BCUT2D eigenvalue weighted by molar-refractivity contribution is 5.74. The molecule has 0 saturated carbocycles. The van der Waals surface area contributed by atoms with Gasteiger partial charge >= 0.3 is 5.88 Å². The van der Waals surface area contributed by atoms with Crippen LogP contribution in [0.25, 0.3) is 23.5 Å². The van der Waals surface area contributed by atoms with E-state index in [1.54, 1.807) is 24.3 Å². The van der Waals surface area contributed by atoms with Crippen molar-refractivity contribution >= 4 is 23.7 Å². The first-order valence-corrected chi connectivity index (χ1v) is 6.50. The van der Waals surface area contributed by atoms with Crippen molar-refractivity contribution < 1.29 is 13.8 Å². The van der Waals surface area contributed by atoms with Crippen LogP contribution in [0.4, 0.5) is 11.6 Å². The molecule has 1 aromatic carbocycles. The molecule has 0 aliphatic heterocycles. The van der Waals surface area contributed by atoms with Gasteiger partial charge in [-0.05, 0) is 42.5 Å². The molecule has 0 aliphatic carbocycles. The number of nitrogens with zero attached hydrogens (tertiary/aromatic N) is 1. The van der Waals surface area contributed by atoms with E-state index < -0.39 is 4.92 Å². The third-order valence-corrected chi connectivity index (χ3v) is 3.06. The van der Waals surface area contributed by atoms with Crippen LogP contribution < -0.4 is 5.73 Å². The Morgan fingerprint density at radius 2 is 1.64 bits per heavy atom. The van der Waals surface area contributed by atoms with Gasteiger partial charge in [0.05, 0.1) is 6.07 Å². The van der Waals surface area contributed by atoms with Crippen LogP contribution in [-0.2, 0) is 0 Å². The minimum absolute atomic E-state index is 0.295. The van der Waals surface area contributed by atoms with E-state index in [1.807, 2.05) is 24.3 Å². The van der Waals surface area contributed by atoms with E-state index in [9.17, 15) is 10.1 Å². The largest absolute Gasteiger partial charge is 0.457 e. The van der Waals surface area contributed by atoms with Crippen LogP contribution in [-0.4, -0.2) is 4.92 Å². The summed E-state index contributed by atoms with van der Waals surface area (Å²) in [5.41, 5.74) is 7.35. The molecule has 110 valence electrons. The summed E-state index contributed by atoms with van der Waals surface area (Å²) in [6.45, 7) is 0. The SMILES string of the molecule is Nc1ccccc1-c1ccc(/C=C/c2ccc([N+](=O)[O-])o2)o1. The zero-order valence-electron chi connectivity index (χ0n) is 11.4. The summed E-state index contributed by atoms with van der Waals surface area (Å²) >= 11 is 0. The number of nitro groups is 1. The van der Waals surface area contributed by atoms with E-state index in [2.05, 4.69) is 0 Å². The van der Waals surface area contributed by atoms with Gasteiger partial charge in [0, 0.05) is 11.3 Å². The molecule has 0 fully saturated rings. The number of benzene rings is 1. The lowest BCUT2D eigenvalue weighted by Gasteiger charge is -2.00. The van der Waals surface area contributed by atoms with Crippen LogP contribution in [0.2, 0.25) is 0 Å². The van der Waals surface area contributed by atoms with Crippen molar-refractivity contribution in [3.05, 3.63) is 70.2 Å². The molecule has 0 unspecified atom stereocenters. The van der Waals surface area contributed by atoms with Gasteiger partial charge in [-0.1, -0.05) is 12.1 Å². The normalized spacial score (nSPS) is 11.1. The summed E-state index contributed by atoms with van der Waals surface area (Å²) in [6, 6.07) is 13.8. The van der Waals surface area contributed by atoms with Gasteiger partial charge in [0.25, 0.3) is 0 Å². The molecule has 0 aliphatic rings. The maximum Gasteiger partial charge on any atom is 0.433 e. The monoisotopic (exact) mass is 296 g/mol. The van der Waals surface area contributed by atoms with Crippen molar-refractivity contribution in [1.82, 2.24) is 0 Å². The van der Waals surface area contributed by atoms with Crippen molar-refractivity contribution in [2.45, 2.75) is 0 Å². The number of anilines is 1. The lowest BCUT2D eigenvalue weighted by Crippen LogP contribution is -1.87. The number of nitrogens with two attached hydrogens (primary N) is 1. The highest BCUT2D eigenvalue weighted by Gasteiger charge is 2.10. The topological polar surface area (TPSA) is 95.4 Å². The van der Waals surface area contributed by atoms with Gasteiger partial charge in [0.1, 0.15) is 22.2 Å². The molecule has 0 radical (unpaired) electrons. The fourth-order valence-corrected chi connectivity index (χ4v) is 2.00. The Hall–Kier alpha value is -3.28. The fraction of sp³-hybridized carbons (Fsp3) is 0. The molecule has 0 spiro atoms. The summed E-state index contributed by atoms with van der Waals surface area (Å²) in [6.07, 6.45) is 3.27. The van der Waals surface area contributed by atoms with Gasteiger partial charge in [0.15, 0.2) is 0 Å². The molecule has 6 heteroatoms. The van der Waals surface area contributed by atoms with Crippen molar-refractivity contribution in [2.24, 2.45) is 0 Å². The van der Waals surface area contributed by atoms with Crippen LogP contribution in [0.3, 0.4) is 0 Å². The maximum absolute atomic E-state index is 10.5. The summed E-state index contributed by atoms with van der Waals surface area (Å²) in [5, 5.41) is 10.5. The van der Waals surface area contributed by atoms with Gasteiger partial charge < -0.3 is 14.6 Å². The third-order valence-electron chi connectivity index (χ3n) is 3.06. The Kier molecular flexibility index (Phi) is 3.49. The Morgan fingerprint density at radius 1 is 0.955 bits per heavy atom. The van der Waals surface area contributed by atoms with Crippen LogP contribution in [0.5, 0.6) is 0 Å². The zero-order chi connectivity index (χ0) is 15.5. The lowest BCUT2D eigenvalue weighted by atomic mass is 10.1. The van der Waals surface area contributed by atoms with Crippen LogP contribution in [0.15, 0.2) is 57.4 Å². The minimum Gasteiger partial charge on any atom is -0.457 e. The van der Waals surface area contributed by atoms with Gasteiger partial charge in [0.2, 0.25) is 0 Å². The van der Waals surface area contributed by atoms with Crippen LogP contribution in [0.1, 0.15) is 11.5 Å². The summed E-state index contributed by atoms with van der Waals surface area (Å²) in [7, 11) is 0. The molecule has 3 aromatic rings. The predicted molar refractivity (Wildman–Crippen MR) is 82.8 cm³/mol. The van der Waals surface area contributed by atoms with Crippen molar-refractivity contribution in [3.8, 4) is 11.3 Å². The molecular formula is C16H12N2O4. The molecule has 2 aromatic heterocycles. The second kappa shape index (κ2) is 5.61. The van der Waals surface area contributed by atoms with Gasteiger partial charge in [-0.25, -0.2) is 0 Å². The highest BCUT2D eigenvalue weighted by atomic mass is 16.6. The Labute approximate surface area is 125 Å².